The van der Waals surface area contributed by atoms with E-state index in [1.165, 1.54) is 0 Å². The quantitative estimate of drug-likeness (QED) is 0.739. The zero-order chi connectivity index (χ0) is 11.8. The minimum Gasteiger partial charge on any atom is -0.489 e. The number of ether oxygens (including phenoxy) is 1. The molecule has 88 valence electrons. The molecule has 3 N–H and O–H groups in total. The van der Waals surface area contributed by atoms with E-state index in [1.54, 1.807) is 13.8 Å². The summed E-state index contributed by atoms with van der Waals surface area (Å²) in [7, 11) is 0. The molecule has 0 aromatic heterocycles. The Balaban J connectivity index is 2.26. The van der Waals surface area contributed by atoms with Gasteiger partial charge in [-0.3, -0.25) is 0 Å². The van der Waals surface area contributed by atoms with Crippen LogP contribution in [0.1, 0.15) is 13.8 Å². The number of anilines is 2. The van der Waals surface area contributed by atoms with Gasteiger partial charge >= 0.3 is 0 Å². The Hall–Kier alpha value is -1.42. The predicted octanol–water partition coefficient (Wildman–Crippen LogP) is 1.24. The fourth-order valence-electron chi connectivity index (χ4n) is 1.93. The van der Waals surface area contributed by atoms with E-state index in [1.807, 2.05) is 18.2 Å². The van der Waals surface area contributed by atoms with E-state index in [0.29, 0.717) is 18.8 Å². The zero-order valence-electron chi connectivity index (χ0n) is 9.73. The summed E-state index contributed by atoms with van der Waals surface area (Å²) in [4.78, 5) is 2.12. The normalized spacial score (nSPS) is 15.6. The molecule has 2 rings (SSSR count). The third-order valence-electron chi connectivity index (χ3n) is 2.52. The first-order valence-electron chi connectivity index (χ1n) is 5.45. The molecule has 4 heteroatoms. The van der Waals surface area contributed by atoms with Gasteiger partial charge in [0, 0.05) is 18.3 Å². The molecule has 1 heterocycles. The van der Waals surface area contributed by atoms with Gasteiger partial charge in [-0.05, 0) is 26.0 Å². The predicted molar refractivity (Wildman–Crippen MR) is 64.9 cm³/mol. The summed E-state index contributed by atoms with van der Waals surface area (Å²) in [6, 6.07) is 5.62. The summed E-state index contributed by atoms with van der Waals surface area (Å²) in [6.45, 7) is 5.62. The second kappa shape index (κ2) is 3.87. The van der Waals surface area contributed by atoms with Crippen molar-refractivity contribution in [1.82, 2.24) is 0 Å². The number of hydrogen-bond donors (Lipinski definition) is 2. The topological polar surface area (TPSA) is 58.7 Å². The van der Waals surface area contributed by atoms with E-state index in [-0.39, 0.29) is 0 Å². The monoisotopic (exact) mass is 222 g/mol. The lowest BCUT2D eigenvalue weighted by molar-refractivity contribution is 0.0855. The lowest BCUT2D eigenvalue weighted by Gasteiger charge is -2.35. The van der Waals surface area contributed by atoms with Crippen molar-refractivity contribution < 1.29 is 9.84 Å². The van der Waals surface area contributed by atoms with Gasteiger partial charge in [-0.25, -0.2) is 0 Å². The van der Waals surface area contributed by atoms with Crippen molar-refractivity contribution in [1.29, 1.82) is 0 Å². The Morgan fingerprint density at radius 3 is 2.94 bits per heavy atom. The van der Waals surface area contributed by atoms with E-state index in [9.17, 15) is 5.11 Å². The lowest BCUT2D eigenvalue weighted by Crippen LogP contribution is -2.42. The summed E-state index contributed by atoms with van der Waals surface area (Å²) >= 11 is 0. The van der Waals surface area contributed by atoms with Gasteiger partial charge in [-0.1, -0.05) is 0 Å². The molecule has 0 unspecified atom stereocenters. The van der Waals surface area contributed by atoms with Crippen LogP contribution in [0.2, 0.25) is 0 Å². The average molecular weight is 222 g/mol. The van der Waals surface area contributed by atoms with Crippen LogP contribution in [-0.2, 0) is 0 Å². The highest BCUT2D eigenvalue weighted by Gasteiger charge is 2.23. The molecule has 0 saturated heterocycles. The van der Waals surface area contributed by atoms with Crippen LogP contribution in [0.4, 0.5) is 11.4 Å². The van der Waals surface area contributed by atoms with Gasteiger partial charge in [0.2, 0.25) is 0 Å². The molecule has 0 aliphatic carbocycles. The van der Waals surface area contributed by atoms with E-state index in [4.69, 9.17) is 10.5 Å². The smallest absolute Gasteiger partial charge is 0.144 e. The highest BCUT2D eigenvalue weighted by molar-refractivity contribution is 5.65. The molecule has 0 spiro atoms. The zero-order valence-corrected chi connectivity index (χ0v) is 9.73. The minimum absolute atomic E-state index is 0.591. The Bertz CT molecular complexity index is 385. The standard InChI is InChI=1S/C12H18N2O2/c1-12(2,15)8-14-5-6-16-11-7-9(13)3-4-10(11)14/h3-4,7,15H,5-6,8,13H2,1-2H3. The fourth-order valence-corrected chi connectivity index (χ4v) is 1.93. The molecule has 1 aromatic rings. The van der Waals surface area contributed by atoms with Crippen molar-refractivity contribution in [3.05, 3.63) is 18.2 Å². The molecular formula is C12H18N2O2. The summed E-state index contributed by atoms with van der Waals surface area (Å²) in [6.07, 6.45) is 0. The van der Waals surface area contributed by atoms with Gasteiger partial charge in [0.25, 0.3) is 0 Å². The summed E-state index contributed by atoms with van der Waals surface area (Å²) in [5.41, 5.74) is 6.69. The maximum absolute atomic E-state index is 9.84. The lowest BCUT2D eigenvalue weighted by atomic mass is 10.1. The number of nitrogen functional groups attached to an aromatic ring is 1. The van der Waals surface area contributed by atoms with Crippen LogP contribution < -0.4 is 15.4 Å². The molecule has 4 nitrogen and oxygen atoms in total. The fraction of sp³-hybridized carbons (Fsp3) is 0.500. The number of β-amino-alcohol motifs (C(OH)–C–C–N with tert-alkyl or cyclic N) is 1. The Morgan fingerprint density at radius 2 is 2.25 bits per heavy atom. The maximum Gasteiger partial charge on any atom is 0.144 e. The summed E-state index contributed by atoms with van der Waals surface area (Å²) < 4.78 is 5.55. The molecule has 0 fully saturated rings. The number of hydrogen-bond acceptors (Lipinski definition) is 4. The molecule has 1 aromatic carbocycles. The van der Waals surface area contributed by atoms with Gasteiger partial charge in [-0.15, -0.1) is 0 Å². The Kier molecular flexibility index (Phi) is 2.68. The SMILES string of the molecule is CC(C)(O)CN1CCOc2cc(N)ccc21. The third-order valence-corrected chi connectivity index (χ3v) is 2.52. The number of nitrogens with zero attached hydrogens (tertiary/aromatic N) is 1. The molecule has 16 heavy (non-hydrogen) atoms. The number of benzene rings is 1. The van der Waals surface area contributed by atoms with Crippen molar-refractivity contribution in [2.75, 3.05) is 30.3 Å². The van der Waals surface area contributed by atoms with Crippen LogP contribution in [0.5, 0.6) is 5.75 Å². The second-order valence-corrected chi connectivity index (χ2v) is 4.81. The van der Waals surface area contributed by atoms with Crippen LogP contribution >= 0.6 is 0 Å². The Morgan fingerprint density at radius 1 is 1.50 bits per heavy atom. The number of aliphatic hydroxyl groups is 1. The minimum atomic E-state index is -0.712. The van der Waals surface area contributed by atoms with Crippen LogP contribution in [0, 0.1) is 0 Å². The van der Waals surface area contributed by atoms with Crippen LogP contribution in [-0.4, -0.2) is 30.4 Å². The summed E-state index contributed by atoms with van der Waals surface area (Å²) in [5, 5.41) is 9.84. The Labute approximate surface area is 95.6 Å². The van der Waals surface area contributed by atoms with Gasteiger partial charge in [0.15, 0.2) is 0 Å². The van der Waals surface area contributed by atoms with Crippen molar-refractivity contribution in [2.24, 2.45) is 0 Å². The van der Waals surface area contributed by atoms with E-state index < -0.39 is 5.60 Å². The second-order valence-electron chi connectivity index (χ2n) is 4.81. The van der Waals surface area contributed by atoms with Gasteiger partial charge in [0.05, 0.1) is 17.8 Å². The molecular weight excluding hydrogens is 204 g/mol. The average Bonchev–Trinajstić information content (AvgIpc) is 2.15. The first-order valence-corrected chi connectivity index (χ1v) is 5.45. The maximum atomic E-state index is 9.84. The van der Waals surface area contributed by atoms with Gasteiger partial charge < -0.3 is 20.5 Å². The number of fused-ring (bicyclic) bond motifs is 1. The molecule has 0 saturated carbocycles. The molecule has 1 aliphatic heterocycles. The van der Waals surface area contributed by atoms with Crippen molar-refractivity contribution >= 4 is 11.4 Å². The molecule has 0 atom stereocenters. The van der Waals surface area contributed by atoms with Crippen LogP contribution in [0.25, 0.3) is 0 Å². The van der Waals surface area contributed by atoms with E-state index >= 15 is 0 Å². The van der Waals surface area contributed by atoms with E-state index in [2.05, 4.69) is 4.90 Å². The molecule has 0 amide bonds. The highest BCUT2D eigenvalue weighted by Crippen LogP contribution is 2.33. The number of nitrogens with two attached hydrogens (primary N) is 1. The number of rotatable bonds is 2. The van der Waals surface area contributed by atoms with Crippen molar-refractivity contribution in [2.45, 2.75) is 19.4 Å². The first-order chi connectivity index (χ1) is 7.46. The molecule has 1 aliphatic rings. The van der Waals surface area contributed by atoms with Crippen LogP contribution in [0.3, 0.4) is 0 Å². The molecule has 0 radical (unpaired) electrons. The van der Waals surface area contributed by atoms with E-state index in [0.717, 1.165) is 18.0 Å². The third kappa shape index (κ3) is 2.39. The van der Waals surface area contributed by atoms with Gasteiger partial charge in [-0.2, -0.15) is 0 Å². The largest absolute Gasteiger partial charge is 0.489 e. The molecule has 0 bridgehead atoms. The van der Waals surface area contributed by atoms with Crippen molar-refractivity contribution in [3.63, 3.8) is 0 Å². The van der Waals surface area contributed by atoms with Crippen molar-refractivity contribution in [3.8, 4) is 5.75 Å². The highest BCUT2D eigenvalue weighted by atomic mass is 16.5. The first kappa shape index (κ1) is 11.1. The summed E-state index contributed by atoms with van der Waals surface area (Å²) in [5.74, 6) is 0.801. The van der Waals surface area contributed by atoms with Gasteiger partial charge in [0.1, 0.15) is 12.4 Å². The van der Waals surface area contributed by atoms with Crippen LogP contribution in [0.15, 0.2) is 18.2 Å².